The lowest BCUT2D eigenvalue weighted by Crippen LogP contribution is -2.32. The Labute approximate surface area is 230 Å². The Bertz CT molecular complexity index is 1970. The highest BCUT2D eigenvalue weighted by atomic mass is 16.2. The minimum atomic E-state index is -0.502. The molecular formula is C31H27N7O2. The largest absolute Gasteiger partial charge is 0.344 e. The second-order valence-corrected chi connectivity index (χ2v) is 9.68. The molecule has 0 radical (unpaired) electrons. The fraction of sp³-hybridized carbons (Fsp3) is 0.129. The number of para-hydroxylation sites is 1. The lowest BCUT2D eigenvalue weighted by molar-refractivity contribution is 0.0939. The fourth-order valence-electron chi connectivity index (χ4n) is 5.03. The van der Waals surface area contributed by atoms with Gasteiger partial charge in [-0.15, -0.1) is 0 Å². The standard InChI is InChI=1S/C31H27N7O2/c1-20(34-30(39)27-21(2)35-37-16-8-15-32-29(27)37)26-17-24-10-7-9-23(14-13-22-18-33-36(3)19-22)28(24)31(40)38(26)25-11-5-4-6-12-25/h4-20H,1-3H3,(H,34,39)/b14-13+/t20-/m0/s1. The van der Waals surface area contributed by atoms with Crippen LogP contribution < -0.4 is 10.9 Å². The van der Waals surface area contributed by atoms with Gasteiger partial charge in [0, 0.05) is 42.6 Å². The normalized spacial score (nSPS) is 12.4. The average molecular weight is 530 g/mol. The zero-order valence-corrected chi connectivity index (χ0v) is 22.3. The second kappa shape index (κ2) is 10.1. The number of pyridine rings is 1. The Morgan fingerprint density at radius 3 is 2.65 bits per heavy atom. The van der Waals surface area contributed by atoms with E-state index in [4.69, 9.17) is 0 Å². The van der Waals surface area contributed by atoms with Crippen LogP contribution in [-0.4, -0.2) is 34.9 Å². The van der Waals surface area contributed by atoms with E-state index in [2.05, 4.69) is 20.5 Å². The molecule has 1 amide bonds. The molecule has 0 aliphatic carbocycles. The summed E-state index contributed by atoms with van der Waals surface area (Å²) >= 11 is 0. The molecule has 9 heteroatoms. The first kappa shape index (κ1) is 25.0. The number of carbonyl (C=O) groups is 1. The molecule has 1 atom stereocenters. The molecule has 2 aromatic carbocycles. The topological polar surface area (TPSA) is 99.1 Å². The number of hydrogen-bond acceptors (Lipinski definition) is 5. The zero-order chi connectivity index (χ0) is 27.8. The number of fused-ring (bicyclic) bond motifs is 2. The van der Waals surface area contributed by atoms with Crippen molar-refractivity contribution in [2.75, 3.05) is 0 Å². The number of carbonyl (C=O) groups excluding carboxylic acids is 1. The Morgan fingerprint density at radius 1 is 1.05 bits per heavy atom. The number of nitrogens with zero attached hydrogens (tertiary/aromatic N) is 6. The van der Waals surface area contributed by atoms with Gasteiger partial charge >= 0.3 is 0 Å². The van der Waals surface area contributed by atoms with Gasteiger partial charge in [0.1, 0.15) is 5.56 Å². The van der Waals surface area contributed by atoms with E-state index < -0.39 is 6.04 Å². The third-order valence-electron chi connectivity index (χ3n) is 6.89. The van der Waals surface area contributed by atoms with Gasteiger partial charge in [-0.3, -0.25) is 18.8 Å². The first-order valence-corrected chi connectivity index (χ1v) is 12.9. The van der Waals surface area contributed by atoms with Crippen LogP contribution in [0.2, 0.25) is 0 Å². The molecule has 6 rings (SSSR count). The SMILES string of the molecule is Cc1nn2cccnc2c1C(=O)N[C@@H](C)c1cc2cccc(/C=C/c3cnn(C)c3)c2c(=O)n1-c1ccccc1. The minimum absolute atomic E-state index is 0.167. The molecule has 198 valence electrons. The van der Waals surface area contributed by atoms with Gasteiger partial charge in [0.2, 0.25) is 0 Å². The van der Waals surface area contributed by atoms with E-state index in [0.717, 1.165) is 16.5 Å². The van der Waals surface area contributed by atoms with Crippen LogP contribution in [0.1, 0.15) is 45.8 Å². The zero-order valence-electron chi connectivity index (χ0n) is 22.3. The summed E-state index contributed by atoms with van der Waals surface area (Å²) in [5.41, 5.74) is 4.41. The van der Waals surface area contributed by atoms with Gasteiger partial charge in [-0.1, -0.05) is 48.6 Å². The van der Waals surface area contributed by atoms with Gasteiger partial charge in [0.05, 0.1) is 23.3 Å². The van der Waals surface area contributed by atoms with Crippen molar-refractivity contribution < 1.29 is 4.79 Å². The third-order valence-corrected chi connectivity index (χ3v) is 6.89. The van der Waals surface area contributed by atoms with Crippen molar-refractivity contribution in [3.63, 3.8) is 0 Å². The van der Waals surface area contributed by atoms with Gasteiger partial charge in [-0.2, -0.15) is 10.2 Å². The molecule has 0 unspecified atom stereocenters. The average Bonchev–Trinajstić information content (AvgIpc) is 3.53. The molecule has 4 heterocycles. The van der Waals surface area contributed by atoms with Crippen LogP contribution in [0.4, 0.5) is 0 Å². The number of hydrogen-bond donors (Lipinski definition) is 1. The van der Waals surface area contributed by atoms with E-state index in [9.17, 15) is 9.59 Å². The highest BCUT2D eigenvalue weighted by Gasteiger charge is 2.23. The number of nitrogens with one attached hydrogen (secondary N) is 1. The number of amides is 1. The summed E-state index contributed by atoms with van der Waals surface area (Å²) in [6.45, 7) is 3.66. The Morgan fingerprint density at radius 2 is 1.88 bits per heavy atom. The summed E-state index contributed by atoms with van der Waals surface area (Å²) in [5.74, 6) is -0.306. The summed E-state index contributed by atoms with van der Waals surface area (Å²) < 4.78 is 5.00. The first-order valence-electron chi connectivity index (χ1n) is 12.9. The summed E-state index contributed by atoms with van der Waals surface area (Å²) in [6.07, 6.45) is 10.9. The van der Waals surface area contributed by atoms with Gasteiger partial charge in [-0.05, 0) is 49.1 Å². The summed E-state index contributed by atoms with van der Waals surface area (Å²) in [6, 6.07) is 18.5. The third kappa shape index (κ3) is 4.47. The van der Waals surface area contributed by atoms with Crippen molar-refractivity contribution in [2.45, 2.75) is 19.9 Å². The molecule has 0 bridgehead atoms. The van der Waals surface area contributed by atoms with E-state index in [1.165, 1.54) is 0 Å². The van der Waals surface area contributed by atoms with Crippen LogP contribution in [0.3, 0.4) is 0 Å². The van der Waals surface area contributed by atoms with Crippen LogP contribution in [0.15, 0.2) is 90.2 Å². The Kier molecular flexibility index (Phi) is 6.31. The van der Waals surface area contributed by atoms with Crippen molar-refractivity contribution >= 4 is 34.5 Å². The van der Waals surface area contributed by atoms with E-state index in [-0.39, 0.29) is 11.5 Å². The van der Waals surface area contributed by atoms with Crippen LogP contribution in [0.25, 0.3) is 34.3 Å². The minimum Gasteiger partial charge on any atom is -0.344 e. The van der Waals surface area contributed by atoms with E-state index in [1.807, 2.05) is 86.9 Å². The molecule has 1 N–H and O–H groups in total. The van der Waals surface area contributed by atoms with Gasteiger partial charge in [0.15, 0.2) is 5.65 Å². The predicted molar refractivity (Wildman–Crippen MR) is 155 cm³/mol. The summed E-state index contributed by atoms with van der Waals surface area (Å²) in [4.78, 5) is 32.0. The number of aryl methyl sites for hydroxylation is 2. The molecule has 40 heavy (non-hydrogen) atoms. The lowest BCUT2D eigenvalue weighted by Gasteiger charge is -2.21. The van der Waals surface area contributed by atoms with E-state index in [1.54, 1.807) is 45.3 Å². The maximum Gasteiger partial charge on any atom is 0.263 e. The lowest BCUT2D eigenvalue weighted by atomic mass is 10.0. The molecule has 0 aliphatic rings. The van der Waals surface area contributed by atoms with Gasteiger partial charge in [-0.25, -0.2) is 9.50 Å². The molecule has 0 saturated heterocycles. The smallest absolute Gasteiger partial charge is 0.263 e. The molecule has 0 fully saturated rings. The van der Waals surface area contributed by atoms with Crippen LogP contribution in [0, 0.1) is 6.92 Å². The van der Waals surface area contributed by atoms with Gasteiger partial charge in [0.25, 0.3) is 11.5 Å². The maximum absolute atomic E-state index is 14.2. The van der Waals surface area contributed by atoms with Crippen LogP contribution >= 0.6 is 0 Å². The number of aromatic nitrogens is 6. The Hall–Kier alpha value is -5.31. The van der Waals surface area contributed by atoms with Crippen molar-refractivity contribution in [1.82, 2.24) is 34.3 Å². The summed E-state index contributed by atoms with van der Waals surface area (Å²) in [5, 5.41) is 13.1. The molecule has 0 saturated carbocycles. The summed E-state index contributed by atoms with van der Waals surface area (Å²) in [7, 11) is 1.86. The quantitative estimate of drug-likeness (QED) is 0.336. The van der Waals surface area contributed by atoms with Crippen LogP contribution in [-0.2, 0) is 7.05 Å². The molecule has 4 aromatic heterocycles. The molecule has 0 aliphatic heterocycles. The highest BCUT2D eigenvalue weighted by molar-refractivity contribution is 6.01. The Balaban J connectivity index is 1.46. The van der Waals surface area contributed by atoms with E-state index in [0.29, 0.717) is 33.7 Å². The van der Waals surface area contributed by atoms with Crippen molar-refractivity contribution in [1.29, 1.82) is 0 Å². The van der Waals surface area contributed by atoms with Crippen molar-refractivity contribution in [2.24, 2.45) is 7.05 Å². The maximum atomic E-state index is 14.2. The fourth-order valence-corrected chi connectivity index (χ4v) is 5.03. The van der Waals surface area contributed by atoms with E-state index >= 15 is 0 Å². The van der Waals surface area contributed by atoms with Crippen molar-refractivity contribution in [3.05, 3.63) is 124 Å². The number of rotatable bonds is 6. The molecular weight excluding hydrogens is 502 g/mol. The second-order valence-electron chi connectivity index (χ2n) is 9.68. The predicted octanol–water partition coefficient (Wildman–Crippen LogP) is 4.74. The molecule has 6 aromatic rings. The van der Waals surface area contributed by atoms with Gasteiger partial charge < -0.3 is 5.32 Å². The monoisotopic (exact) mass is 529 g/mol. The van der Waals surface area contributed by atoms with Crippen molar-refractivity contribution in [3.8, 4) is 5.69 Å². The van der Waals surface area contributed by atoms with Crippen LogP contribution in [0.5, 0.6) is 0 Å². The highest BCUT2D eigenvalue weighted by Crippen LogP contribution is 2.25. The number of benzene rings is 2. The molecule has 9 nitrogen and oxygen atoms in total. The first-order chi connectivity index (χ1) is 19.4. The molecule has 0 spiro atoms.